The van der Waals surface area contributed by atoms with Crippen LogP contribution in [0.5, 0.6) is 5.88 Å². The molecule has 1 aromatic heterocycles. The predicted octanol–water partition coefficient (Wildman–Crippen LogP) is 6.10. The largest absolute Gasteiger partial charge is 0.481 e. The summed E-state index contributed by atoms with van der Waals surface area (Å²) in [5.74, 6) is -1.78. The molecule has 30 heavy (non-hydrogen) atoms. The maximum Gasteiger partial charge on any atom is 0.422 e. The Kier molecular flexibility index (Phi) is 6.06. The van der Waals surface area contributed by atoms with Gasteiger partial charge < -0.3 is 9.84 Å². The molecule has 2 atom stereocenters. The van der Waals surface area contributed by atoms with Gasteiger partial charge in [-0.3, -0.25) is 0 Å². The van der Waals surface area contributed by atoms with Crippen molar-refractivity contribution >= 4 is 11.6 Å². The number of pyridine rings is 1. The van der Waals surface area contributed by atoms with Crippen molar-refractivity contribution in [1.82, 2.24) is 4.98 Å². The van der Waals surface area contributed by atoms with E-state index in [4.69, 9.17) is 16.3 Å². The molecular weight excluding hydrogens is 422 g/mol. The van der Waals surface area contributed by atoms with E-state index in [2.05, 4.69) is 4.98 Å². The number of benzene rings is 2. The molecule has 0 amide bonds. The minimum atomic E-state index is -5.01. The fourth-order valence-electron chi connectivity index (χ4n) is 3.34. The van der Waals surface area contributed by atoms with Crippen LogP contribution >= 0.6 is 11.6 Å². The van der Waals surface area contributed by atoms with Crippen molar-refractivity contribution in [3.8, 4) is 17.0 Å². The summed E-state index contributed by atoms with van der Waals surface area (Å²) in [5.41, 5.74) is -2.52. The van der Waals surface area contributed by atoms with Gasteiger partial charge in [0.2, 0.25) is 5.88 Å². The number of hydrogen-bond acceptors (Lipinski definition) is 3. The van der Waals surface area contributed by atoms with Crippen LogP contribution in [0, 0.1) is 5.82 Å². The molecule has 1 N–H and O–H groups in total. The maximum atomic E-state index is 14.0. The highest BCUT2D eigenvalue weighted by Gasteiger charge is 2.59. The van der Waals surface area contributed by atoms with E-state index < -0.39 is 29.1 Å². The molecule has 2 aromatic carbocycles. The SMILES string of the molecule is COc1ccc(C(O)(C(C)c2ccc(-c3cccc(F)c3)cc2Cl)C(F)(F)F)cn1. The predicted molar refractivity (Wildman–Crippen MR) is 106 cm³/mol. The fraction of sp³-hybridized carbons (Fsp3) is 0.227. The number of rotatable bonds is 5. The highest BCUT2D eigenvalue weighted by Crippen LogP contribution is 2.50. The quantitative estimate of drug-likeness (QED) is 0.488. The van der Waals surface area contributed by atoms with Gasteiger partial charge in [0, 0.05) is 28.8 Å². The average molecular weight is 440 g/mol. The topological polar surface area (TPSA) is 42.4 Å². The van der Waals surface area contributed by atoms with Crippen LogP contribution in [-0.2, 0) is 5.60 Å². The van der Waals surface area contributed by atoms with Gasteiger partial charge in [-0.1, -0.05) is 42.8 Å². The number of nitrogens with zero attached hydrogens (tertiary/aromatic N) is 1. The second kappa shape index (κ2) is 8.24. The molecule has 0 radical (unpaired) electrons. The van der Waals surface area contributed by atoms with Crippen molar-refractivity contribution in [2.45, 2.75) is 24.6 Å². The van der Waals surface area contributed by atoms with Gasteiger partial charge in [-0.15, -0.1) is 0 Å². The Balaban J connectivity index is 2.05. The summed E-state index contributed by atoms with van der Waals surface area (Å²) in [7, 11) is 1.33. The monoisotopic (exact) mass is 439 g/mol. The first kappa shape index (κ1) is 22.1. The van der Waals surface area contributed by atoms with Gasteiger partial charge >= 0.3 is 6.18 Å². The van der Waals surface area contributed by atoms with Gasteiger partial charge in [0.25, 0.3) is 0 Å². The first-order valence-electron chi connectivity index (χ1n) is 8.93. The molecule has 0 bridgehead atoms. The van der Waals surface area contributed by atoms with Gasteiger partial charge in [-0.2, -0.15) is 13.2 Å². The Labute approximate surface area is 175 Å². The van der Waals surface area contributed by atoms with Crippen LogP contribution in [0.15, 0.2) is 60.8 Å². The Morgan fingerprint density at radius 1 is 1.03 bits per heavy atom. The van der Waals surface area contributed by atoms with Crippen LogP contribution in [0.1, 0.15) is 24.0 Å². The number of halogens is 5. The summed E-state index contributed by atoms with van der Waals surface area (Å²) in [6, 6.07) is 12.5. The lowest BCUT2D eigenvalue weighted by Crippen LogP contribution is -2.46. The summed E-state index contributed by atoms with van der Waals surface area (Å²) in [5, 5.41) is 10.9. The van der Waals surface area contributed by atoms with Crippen LogP contribution in [0.3, 0.4) is 0 Å². The molecule has 0 aliphatic rings. The fourth-order valence-corrected chi connectivity index (χ4v) is 3.68. The van der Waals surface area contributed by atoms with Gasteiger partial charge in [-0.25, -0.2) is 9.37 Å². The lowest BCUT2D eigenvalue weighted by atomic mass is 9.78. The highest BCUT2D eigenvalue weighted by atomic mass is 35.5. The molecule has 0 spiro atoms. The van der Waals surface area contributed by atoms with Gasteiger partial charge in [0.15, 0.2) is 5.60 Å². The van der Waals surface area contributed by atoms with Crippen LogP contribution in [0.4, 0.5) is 17.6 Å². The molecule has 158 valence electrons. The van der Waals surface area contributed by atoms with Crippen LogP contribution < -0.4 is 4.74 Å². The molecular formula is C22H18ClF4NO2. The zero-order valence-electron chi connectivity index (χ0n) is 16.0. The Morgan fingerprint density at radius 2 is 1.73 bits per heavy atom. The van der Waals surface area contributed by atoms with Gasteiger partial charge in [-0.05, 0) is 41.0 Å². The Hall–Kier alpha value is -2.64. The third kappa shape index (κ3) is 4.00. The lowest BCUT2D eigenvalue weighted by Gasteiger charge is -2.36. The van der Waals surface area contributed by atoms with E-state index in [1.54, 1.807) is 6.07 Å². The first-order chi connectivity index (χ1) is 14.1. The molecule has 0 fully saturated rings. The highest BCUT2D eigenvalue weighted by molar-refractivity contribution is 6.31. The van der Waals surface area contributed by atoms with E-state index in [9.17, 15) is 22.7 Å². The normalized spacial score (nSPS) is 14.8. The van der Waals surface area contributed by atoms with Crippen molar-refractivity contribution in [3.05, 3.63) is 82.8 Å². The van der Waals surface area contributed by atoms with E-state index in [0.29, 0.717) is 11.1 Å². The van der Waals surface area contributed by atoms with E-state index in [1.807, 2.05) is 0 Å². The average Bonchev–Trinajstić information content (AvgIpc) is 2.72. The molecule has 1 heterocycles. The van der Waals surface area contributed by atoms with E-state index in [1.165, 1.54) is 56.5 Å². The number of ether oxygens (including phenoxy) is 1. The number of hydrogen-bond donors (Lipinski definition) is 1. The molecule has 0 saturated carbocycles. The summed E-state index contributed by atoms with van der Waals surface area (Å²) in [6.45, 7) is 1.24. The minimum absolute atomic E-state index is 0.0217. The molecule has 3 rings (SSSR count). The van der Waals surface area contributed by atoms with Crippen molar-refractivity contribution in [3.63, 3.8) is 0 Å². The summed E-state index contributed by atoms with van der Waals surface area (Å²) in [4.78, 5) is 3.79. The Morgan fingerprint density at radius 3 is 2.27 bits per heavy atom. The van der Waals surface area contributed by atoms with Crippen molar-refractivity contribution < 1.29 is 27.4 Å². The second-order valence-corrected chi connectivity index (χ2v) is 7.23. The van der Waals surface area contributed by atoms with Crippen molar-refractivity contribution in [2.24, 2.45) is 0 Å². The maximum absolute atomic E-state index is 14.0. The smallest absolute Gasteiger partial charge is 0.422 e. The van der Waals surface area contributed by atoms with Crippen molar-refractivity contribution in [2.75, 3.05) is 7.11 Å². The first-order valence-corrected chi connectivity index (χ1v) is 9.30. The second-order valence-electron chi connectivity index (χ2n) is 6.82. The van der Waals surface area contributed by atoms with E-state index in [0.717, 1.165) is 12.3 Å². The molecule has 0 aliphatic carbocycles. The van der Waals surface area contributed by atoms with Crippen molar-refractivity contribution in [1.29, 1.82) is 0 Å². The number of aliphatic hydroxyl groups is 1. The number of methoxy groups -OCH3 is 1. The lowest BCUT2D eigenvalue weighted by molar-refractivity contribution is -0.274. The van der Waals surface area contributed by atoms with Crippen LogP contribution in [0.25, 0.3) is 11.1 Å². The van der Waals surface area contributed by atoms with Gasteiger partial charge in [0.05, 0.1) is 7.11 Å². The van der Waals surface area contributed by atoms with Gasteiger partial charge in [0.1, 0.15) is 5.82 Å². The van der Waals surface area contributed by atoms with Crippen LogP contribution in [0.2, 0.25) is 5.02 Å². The van der Waals surface area contributed by atoms with Crippen LogP contribution in [-0.4, -0.2) is 23.4 Å². The molecule has 3 aromatic rings. The number of alkyl halides is 3. The molecule has 0 aliphatic heterocycles. The minimum Gasteiger partial charge on any atom is -0.481 e. The molecule has 0 saturated heterocycles. The summed E-state index contributed by atoms with van der Waals surface area (Å²) < 4.78 is 60.5. The number of aromatic nitrogens is 1. The third-order valence-electron chi connectivity index (χ3n) is 5.07. The summed E-state index contributed by atoms with van der Waals surface area (Å²) in [6.07, 6.45) is -4.08. The Bertz CT molecular complexity index is 1040. The zero-order valence-corrected chi connectivity index (χ0v) is 16.8. The zero-order chi connectivity index (χ0) is 22.1. The summed E-state index contributed by atoms with van der Waals surface area (Å²) >= 11 is 6.30. The molecule has 2 unspecified atom stereocenters. The molecule has 3 nitrogen and oxygen atoms in total. The van der Waals surface area contributed by atoms with E-state index >= 15 is 0 Å². The third-order valence-corrected chi connectivity index (χ3v) is 5.40. The van der Waals surface area contributed by atoms with E-state index in [-0.39, 0.29) is 16.5 Å². The standard InChI is InChI=1S/C22H18ClF4NO2/c1-13(21(29,22(25,26)27)16-7-9-20(30-2)28-12-16)18-8-6-15(11-19(18)23)14-4-3-5-17(24)10-14/h3-13,29H,1-2H3. The molecule has 8 heteroatoms.